The number of rotatable bonds is 4. The van der Waals surface area contributed by atoms with E-state index in [2.05, 4.69) is 15.9 Å². The molecule has 0 atom stereocenters. The van der Waals surface area contributed by atoms with Crippen LogP contribution in [0.25, 0.3) is 6.08 Å². The summed E-state index contributed by atoms with van der Waals surface area (Å²) in [5, 5.41) is 18.6. The van der Waals surface area contributed by atoms with Crippen LogP contribution >= 0.6 is 15.9 Å². The molecular formula is C23H13BrFN3O. The molecule has 3 rings (SSSR count). The molecule has 0 unspecified atom stereocenters. The maximum Gasteiger partial charge on any atom is 0.209 e. The van der Waals surface area contributed by atoms with Crippen molar-refractivity contribution in [2.75, 3.05) is 0 Å². The number of allylic oxidation sites excluding steroid dienone is 5. The van der Waals surface area contributed by atoms with Crippen molar-refractivity contribution >= 4 is 27.8 Å². The molecule has 4 nitrogen and oxygen atoms in total. The first-order valence-corrected chi connectivity index (χ1v) is 9.29. The molecule has 0 amide bonds. The Bertz CT molecular complexity index is 1130. The minimum Gasteiger partial charge on any atom is -0.312 e. The summed E-state index contributed by atoms with van der Waals surface area (Å²) in [6.45, 7) is 0. The molecule has 2 aromatic carbocycles. The summed E-state index contributed by atoms with van der Waals surface area (Å²) in [5.41, 5.74) is 1.41. The number of hydrogen-bond donors (Lipinski definition) is 0. The summed E-state index contributed by atoms with van der Waals surface area (Å²) in [6, 6.07) is 16.3. The molecule has 1 aliphatic heterocycles. The molecule has 0 N–H and O–H groups in total. The lowest BCUT2D eigenvalue weighted by Gasteiger charge is -2.26. The normalized spacial score (nSPS) is 13.0. The van der Waals surface area contributed by atoms with Gasteiger partial charge in [0.1, 0.15) is 18.0 Å². The molecule has 0 saturated carbocycles. The Balaban J connectivity index is 2.17. The summed E-state index contributed by atoms with van der Waals surface area (Å²) in [4.78, 5) is 14.8. The quantitative estimate of drug-likeness (QED) is 0.354. The van der Waals surface area contributed by atoms with Crippen molar-refractivity contribution in [3.63, 3.8) is 0 Å². The van der Waals surface area contributed by atoms with Gasteiger partial charge in [-0.3, -0.25) is 4.79 Å². The van der Waals surface area contributed by atoms with Crippen LogP contribution in [0.5, 0.6) is 0 Å². The first-order valence-electron chi connectivity index (χ1n) is 8.49. The highest BCUT2D eigenvalue weighted by Crippen LogP contribution is 2.27. The molecule has 1 aliphatic rings. The smallest absolute Gasteiger partial charge is 0.209 e. The van der Waals surface area contributed by atoms with Gasteiger partial charge in [-0.25, -0.2) is 4.39 Å². The van der Waals surface area contributed by atoms with Gasteiger partial charge in [-0.15, -0.1) is 0 Å². The topological polar surface area (TPSA) is 67.9 Å². The zero-order chi connectivity index (χ0) is 20.8. The standard InChI is InChI=1S/C23H13BrFN3O/c24-19-8-6-17(7-9-19)23(29)22(13-16-4-10-20(25)11-5-16)28-12-2-1-3-21(28)18(14-26)15-27/h1-13H/b22-13+. The lowest BCUT2D eigenvalue weighted by Crippen LogP contribution is -2.24. The fourth-order valence-electron chi connectivity index (χ4n) is 2.71. The number of carbonyl (C=O) groups is 1. The van der Waals surface area contributed by atoms with Crippen LogP contribution in [-0.4, -0.2) is 10.7 Å². The second-order valence-electron chi connectivity index (χ2n) is 5.97. The Morgan fingerprint density at radius 3 is 2.28 bits per heavy atom. The number of nitrogens with zero attached hydrogens (tertiary/aromatic N) is 3. The third-order valence-corrected chi connectivity index (χ3v) is 4.64. The van der Waals surface area contributed by atoms with Gasteiger partial charge in [-0.05, 0) is 60.2 Å². The van der Waals surface area contributed by atoms with E-state index >= 15 is 0 Å². The van der Waals surface area contributed by atoms with E-state index in [4.69, 9.17) is 0 Å². The molecule has 6 heteroatoms. The Morgan fingerprint density at radius 1 is 1.00 bits per heavy atom. The third kappa shape index (κ3) is 4.57. The Kier molecular flexibility index (Phi) is 6.19. The lowest BCUT2D eigenvalue weighted by molar-refractivity contribution is 0.101. The summed E-state index contributed by atoms with van der Waals surface area (Å²) >= 11 is 3.34. The highest BCUT2D eigenvalue weighted by Gasteiger charge is 2.23. The Hall–Kier alpha value is -3.74. The van der Waals surface area contributed by atoms with Crippen LogP contribution in [0.1, 0.15) is 15.9 Å². The molecule has 0 radical (unpaired) electrons. The average Bonchev–Trinajstić information content (AvgIpc) is 2.75. The molecule has 2 aromatic rings. The molecule has 0 bridgehead atoms. The van der Waals surface area contributed by atoms with Crippen LogP contribution in [0.3, 0.4) is 0 Å². The van der Waals surface area contributed by atoms with Gasteiger partial charge in [-0.1, -0.05) is 34.1 Å². The fraction of sp³-hybridized carbons (Fsp3) is 0. The molecule has 0 saturated heterocycles. The number of nitriles is 2. The van der Waals surface area contributed by atoms with Crippen LogP contribution in [0, 0.1) is 28.5 Å². The predicted octanol–water partition coefficient (Wildman–Crippen LogP) is 5.50. The van der Waals surface area contributed by atoms with Gasteiger partial charge in [0.15, 0.2) is 5.57 Å². The fourth-order valence-corrected chi connectivity index (χ4v) is 2.97. The number of ketones is 1. The SMILES string of the molecule is N#CC(C#N)=C1C=CC=CN1/C(=C/c1ccc(F)cc1)C(=O)c1ccc(Br)cc1. The van der Waals surface area contributed by atoms with Crippen molar-refractivity contribution in [3.05, 3.63) is 111 Å². The van der Waals surface area contributed by atoms with E-state index in [-0.39, 0.29) is 28.6 Å². The van der Waals surface area contributed by atoms with E-state index in [1.165, 1.54) is 17.0 Å². The zero-order valence-electron chi connectivity index (χ0n) is 15.0. The van der Waals surface area contributed by atoms with Gasteiger partial charge in [0, 0.05) is 16.2 Å². The van der Waals surface area contributed by atoms with Crippen molar-refractivity contribution in [2.45, 2.75) is 0 Å². The minimum absolute atomic E-state index is 0.126. The molecule has 0 fully saturated rings. The minimum atomic E-state index is -0.388. The first kappa shape index (κ1) is 20.0. The van der Waals surface area contributed by atoms with Crippen molar-refractivity contribution in [3.8, 4) is 12.1 Å². The van der Waals surface area contributed by atoms with Crippen molar-refractivity contribution in [1.82, 2.24) is 4.90 Å². The molecule has 0 aliphatic carbocycles. The van der Waals surface area contributed by atoms with Crippen molar-refractivity contribution < 1.29 is 9.18 Å². The van der Waals surface area contributed by atoms with Gasteiger partial charge in [0.25, 0.3) is 0 Å². The van der Waals surface area contributed by atoms with E-state index < -0.39 is 0 Å². The van der Waals surface area contributed by atoms with Gasteiger partial charge < -0.3 is 4.90 Å². The van der Waals surface area contributed by atoms with Crippen LogP contribution in [-0.2, 0) is 0 Å². The molecule has 29 heavy (non-hydrogen) atoms. The Morgan fingerprint density at radius 2 is 1.66 bits per heavy atom. The predicted molar refractivity (Wildman–Crippen MR) is 111 cm³/mol. The highest BCUT2D eigenvalue weighted by atomic mass is 79.9. The summed E-state index contributed by atoms with van der Waals surface area (Å²) in [6.07, 6.45) is 8.17. The zero-order valence-corrected chi connectivity index (χ0v) is 16.6. The van der Waals surface area contributed by atoms with Crippen LogP contribution in [0.4, 0.5) is 4.39 Å². The summed E-state index contributed by atoms with van der Waals surface area (Å²) in [7, 11) is 0. The van der Waals surface area contributed by atoms with E-state index in [9.17, 15) is 19.7 Å². The maximum atomic E-state index is 13.3. The summed E-state index contributed by atoms with van der Waals surface area (Å²) in [5.74, 6) is -0.699. The number of halogens is 2. The third-order valence-electron chi connectivity index (χ3n) is 4.11. The monoisotopic (exact) mass is 445 g/mol. The molecule has 140 valence electrons. The molecule has 0 spiro atoms. The number of benzene rings is 2. The maximum absolute atomic E-state index is 13.3. The van der Waals surface area contributed by atoms with Crippen LogP contribution in [0.2, 0.25) is 0 Å². The second-order valence-corrected chi connectivity index (χ2v) is 6.89. The van der Waals surface area contributed by atoms with Crippen LogP contribution in [0.15, 0.2) is 94.4 Å². The molecular weight excluding hydrogens is 433 g/mol. The largest absolute Gasteiger partial charge is 0.312 e. The van der Waals surface area contributed by atoms with Gasteiger partial charge in [0.05, 0.1) is 11.4 Å². The van der Waals surface area contributed by atoms with Crippen molar-refractivity contribution in [1.29, 1.82) is 10.5 Å². The number of carbonyl (C=O) groups excluding carboxylic acids is 1. The lowest BCUT2D eigenvalue weighted by atomic mass is 10.0. The molecule has 1 heterocycles. The second kappa shape index (κ2) is 8.97. The number of hydrogen-bond acceptors (Lipinski definition) is 4. The van der Waals surface area contributed by atoms with Gasteiger partial charge in [-0.2, -0.15) is 10.5 Å². The first-order chi connectivity index (χ1) is 14.0. The van der Waals surface area contributed by atoms with Crippen LogP contribution < -0.4 is 0 Å². The number of Topliss-reactive ketones (excluding diaryl/α,β-unsaturated/α-hetero) is 1. The van der Waals surface area contributed by atoms with E-state index in [0.717, 1.165) is 4.47 Å². The average molecular weight is 446 g/mol. The van der Waals surface area contributed by atoms with E-state index in [1.807, 2.05) is 12.1 Å². The molecule has 0 aromatic heterocycles. The van der Waals surface area contributed by atoms with E-state index in [1.54, 1.807) is 66.9 Å². The van der Waals surface area contributed by atoms with Gasteiger partial charge in [0.2, 0.25) is 5.78 Å². The van der Waals surface area contributed by atoms with E-state index in [0.29, 0.717) is 11.1 Å². The van der Waals surface area contributed by atoms with Crippen molar-refractivity contribution in [2.24, 2.45) is 0 Å². The highest BCUT2D eigenvalue weighted by molar-refractivity contribution is 9.10. The summed E-state index contributed by atoms with van der Waals surface area (Å²) < 4.78 is 14.1. The van der Waals surface area contributed by atoms with Gasteiger partial charge >= 0.3 is 0 Å². The Labute approximate surface area is 175 Å².